The van der Waals surface area contributed by atoms with Crippen molar-refractivity contribution in [2.75, 3.05) is 18.6 Å². The number of methoxy groups -OCH3 is 1. The van der Waals surface area contributed by atoms with Crippen LogP contribution in [0.15, 0.2) is 18.2 Å². The summed E-state index contributed by atoms with van der Waals surface area (Å²) in [6.07, 6.45) is -4.43. The largest absolute Gasteiger partial charge is 0.497 e. The molecule has 0 spiro atoms. The highest BCUT2D eigenvalue weighted by Gasteiger charge is 2.33. The molecule has 1 aromatic rings. The fourth-order valence-corrected chi connectivity index (χ4v) is 1.80. The Bertz CT molecular complexity index is 486. The fraction of sp³-hybridized carbons (Fsp3) is 0.462. The normalized spacial score (nSPS) is 11.6. The van der Waals surface area contributed by atoms with Gasteiger partial charge in [-0.05, 0) is 26.0 Å². The van der Waals surface area contributed by atoms with E-state index in [2.05, 4.69) is 0 Å². The van der Waals surface area contributed by atoms with Crippen LogP contribution in [0.2, 0.25) is 0 Å². The van der Waals surface area contributed by atoms with Crippen LogP contribution in [0.25, 0.3) is 0 Å². The highest BCUT2D eigenvalue weighted by atomic mass is 19.4. The number of carbonyl (C=O) groups is 1. The van der Waals surface area contributed by atoms with Gasteiger partial charge in [-0.25, -0.2) is 4.79 Å². The van der Waals surface area contributed by atoms with Crippen molar-refractivity contribution in [3.8, 4) is 5.75 Å². The molecule has 1 N–H and O–H groups in total. The molecule has 0 saturated carbocycles. The van der Waals surface area contributed by atoms with Gasteiger partial charge in [0.1, 0.15) is 12.3 Å². The van der Waals surface area contributed by atoms with E-state index in [0.29, 0.717) is 5.75 Å². The van der Waals surface area contributed by atoms with Crippen molar-refractivity contribution in [1.29, 1.82) is 0 Å². The van der Waals surface area contributed by atoms with E-state index in [1.807, 2.05) is 0 Å². The van der Waals surface area contributed by atoms with Crippen LogP contribution in [0.4, 0.5) is 18.9 Å². The molecule has 0 saturated heterocycles. The highest BCUT2D eigenvalue weighted by molar-refractivity contribution is 5.95. The lowest BCUT2D eigenvalue weighted by molar-refractivity contribution is -0.120. The average molecular weight is 291 g/mol. The Morgan fingerprint density at radius 1 is 1.40 bits per heavy atom. The molecule has 0 atom stereocenters. The van der Waals surface area contributed by atoms with Crippen LogP contribution in [-0.4, -0.2) is 36.9 Å². The molecule has 0 radical (unpaired) electrons. The minimum absolute atomic E-state index is 0.0100. The van der Waals surface area contributed by atoms with Gasteiger partial charge in [0.2, 0.25) is 0 Å². The monoisotopic (exact) mass is 291 g/mol. The molecule has 0 fully saturated rings. The lowest BCUT2D eigenvalue weighted by Gasteiger charge is -2.31. The van der Waals surface area contributed by atoms with Crippen molar-refractivity contribution in [2.24, 2.45) is 0 Å². The van der Waals surface area contributed by atoms with E-state index < -0.39 is 24.7 Å². The van der Waals surface area contributed by atoms with E-state index in [0.717, 1.165) is 4.90 Å². The van der Waals surface area contributed by atoms with Crippen LogP contribution in [0.1, 0.15) is 24.2 Å². The van der Waals surface area contributed by atoms with Gasteiger partial charge in [0, 0.05) is 12.1 Å². The minimum Gasteiger partial charge on any atom is -0.497 e. The van der Waals surface area contributed by atoms with Crippen LogP contribution in [0, 0.1) is 0 Å². The van der Waals surface area contributed by atoms with Gasteiger partial charge >= 0.3 is 12.1 Å². The Morgan fingerprint density at radius 3 is 2.40 bits per heavy atom. The van der Waals surface area contributed by atoms with E-state index >= 15 is 0 Å². The first-order valence-electron chi connectivity index (χ1n) is 5.90. The predicted molar refractivity (Wildman–Crippen MR) is 68.5 cm³/mol. The number of carboxylic acids is 1. The van der Waals surface area contributed by atoms with Gasteiger partial charge < -0.3 is 14.7 Å². The first-order chi connectivity index (χ1) is 9.15. The molecule has 0 aromatic heterocycles. The van der Waals surface area contributed by atoms with Gasteiger partial charge in [-0.15, -0.1) is 0 Å². The van der Waals surface area contributed by atoms with E-state index in [-0.39, 0.29) is 11.3 Å². The standard InChI is InChI=1S/C13H16F3NO3/c1-8(2)17(7-13(14,15)16)11-6-9(20-3)4-5-10(11)12(18)19/h4-6,8H,7H2,1-3H3,(H,18,19). The van der Waals surface area contributed by atoms with Gasteiger partial charge in [-0.3, -0.25) is 0 Å². The molecule has 0 heterocycles. The molecule has 1 aromatic carbocycles. The number of ether oxygens (including phenoxy) is 1. The summed E-state index contributed by atoms with van der Waals surface area (Å²) in [6, 6.07) is 3.43. The zero-order valence-corrected chi connectivity index (χ0v) is 11.4. The van der Waals surface area contributed by atoms with E-state index in [9.17, 15) is 18.0 Å². The SMILES string of the molecule is COc1ccc(C(=O)O)c(N(CC(F)(F)F)C(C)C)c1. The maximum atomic E-state index is 12.6. The summed E-state index contributed by atoms with van der Waals surface area (Å²) >= 11 is 0. The second kappa shape index (κ2) is 6.02. The van der Waals surface area contributed by atoms with Crippen molar-refractivity contribution in [3.63, 3.8) is 0 Å². The second-order valence-corrected chi connectivity index (χ2v) is 4.53. The molecule has 4 nitrogen and oxygen atoms in total. The Kier molecular flexibility index (Phi) is 4.86. The zero-order valence-electron chi connectivity index (χ0n) is 11.4. The minimum atomic E-state index is -4.43. The molecule has 0 unspecified atom stereocenters. The molecule has 0 amide bonds. The van der Waals surface area contributed by atoms with Crippen molar-refractivity contribution >= 4 is 11.7 Å². The molecule has 1 rings (SSSR count). The van der Waals surface area contributed by atoms with Gasteiger partial charge in [-0.2, -0.15) is 13.2 Å². The van der Waals surface area contributed by atoms with Gasteiger partial charge in [0.05, 0.1) is 18.4 Å². The summed E-state index contributed by atoms with van der Waals surface area (Å²) < 4.78 is 42.9. The lowest BCUT2D eigenvalue weighted by atomic mass is 10.1. The number of hydrogen-bond donors (Lipinski definition) is 1. The third kappa shape index (κ3) is 4.04. The highest BCUT2D eigenvalue weighted by Crippen LogP contribution is 2.30. The first-order valence-corrected chi connectivity index (χ1v) is 5.90. The maximum absolute atomic E-state index is 12.6. The quantitative estimate of drug-likeness (QED) is 0.905. The van der Waals surface area contributed by atoms with Crippen molar-refractivity contribution in [3.05, 3.63) is 23.8 Å². The van der Waals surface area contributed by atoms with E-state index in [1.165, 1.54) is 25.3 Å². The smallest absolute Gasteiger partial charge is 0.405 e. The number of rotatable bonds is 5. The topological polar surface area (TPSA) is 49.8 Å². The summed E-state index contributed by atoms with van der Waals surface area (Å²) in [5.74, 6) is -0.978. The Morgan fingerprint density at radius 2 is 2.00 bits per heavy atom. The van der Waals surface area contributed by atoms with Crippen molar-refractivity contribution in [1.82, 2.24) is 0 Å². The summed E-state index contributed by atoms with van der Waals surface area (Å²) in [7, 11) is 1.36. The number of alkyl halides is 3. The van der Waals surface area contributed by atoms with Gasteiger partial charge in [0.25, 0.3) is 0 Å². The number of nitrogens with zero attached hydrogens (tertiary/aromatic N) is 1. The number of carboxylic acid groups (broad SMARTS) is 1. The molecule has 112 valence electrons. The van der Waals surface area contributed by atoms with Gasteiger partial charge in [0.15, 0.2) is 0 Å². The molecule has 0 aliphatic carbocycles. The van der Waals surface area contributed by atoms with E-state index in [4.69, 9.17) is 9.84 Å². The fourth-order valence-electron chi connectivity index (χ4n) is 1.80. The Balaban J connectivity index is 3.33. The predicted octanol–water partition coefficient (Wildman–Crippen LogP) is 3.17. The van der Waals surface area contributed by atoms with Crippen LogP contribution in [0.5, 0.6) is 5.75 Å². The third-order valence-corrected chi connectivity index (χ3v) is 2.72. The van der Waals surface area contributed by atoms with E-state index in [1.54, 1.807) is 13.8 Å². The lowest BCUT2D eigenvalue weighted by Crippen LogP contribution is -2.40. The van der Waals surface area contributed by atoms with Crippen LogP contribution >= 0.6 is 0 Å². The number of aromatic carboxylic acids is 1. The van der Waals surface area contributed by atoms with Gasteiger partial charge in [-0.1, -0.05) is 0 Å². The summed E-state index contributed by atoms with van der Waals surface area (Å²) in [5.41, 5.74) is -0.201. The number of anilines is 1. The molecule has 20 heavy (non-hydrogen) atoms. The maximum Gasteiger partial charge on any atom is 0.405 e. The zero-order chi connectivity index (χ0) is 15.5. The molecule has 7 heteroatoms. The van der Waals surface area contributed by atoms with Crippen LogP contribution < -0.4 is 9.64 Å². The molecule has 0 aliphatic heterocycles. The third-order valence-electron chi connectivity index (χ3n) is 2.72. The number of benzene rings is 1. The number of halogens is 3. The second-order valence-electron chi connectivity index (χ2n) is 4.53. The summed E-state index contributed by atoms with van der Waals surface area (Å²) in [4.78, 5) is 12.2. The Hall–Kier alpha value is -1.92. The molecule has 0 aliphatic rings. The molecular weight excluding hydrogens is 275 g/mol. The first kappa shape index (κ1) is 16.1. The summed E-state index contributed by atoms with van der Waals surface area (Å²) in [6.45, 7) is 1.91. The van der Waals surface area contributed by atoms with Crippen LogP contribution in [0.3, 0.4) is 0 Å². The average Bonchev–Trinajstić information content (AvgIpc) is 2.33. The van der Waals surface area contributed by atoms with Crippen molar-refractivity contribution in [2.45, 2.75) is 26.1 Å². The molecular formula is C13H16F3NO3. The number of hydrogen-bond acceptors (Lipinski definition) is 3. The van der Waals surface area contributed by atoms with Crippen LogP contribution in [-0.2, 0) is 0 Å². The molecule has 0 bridgehead atoms. The van der Waals surface area contributed by atoms with Crippen molar-refractivity contribution < 1.29 is 27.8 Å². The Labute approximate surface area is 114 Å². The summed E-state index contributed by atoms with van der Waals surface area (Å²) in [5, 5.41) is 9.11.